The molecule has 0 atom stereocenters. The SMILES string of the molecule is Cc1c(/C=N\NC(N)=O)c2ccccc2n1Cc1ccccc1Cl. The predicted octanol–water partition coefficient (Wildman–Crippen LogP) is 3.65. The molecule has 122 valence electrons. The number of para-hydroxylation sites is 1. The van der Waals surface area contributed by atoms with Gasteiger partial charge < -0.3 is 10.3 Å². The van der Waals surface area contributed by atoms with Crippen molar-refractivity contribution in [2.75, 3.05) is 0 Å². The standard InChI is InChI=1S/C18H17ClN4O/c1-12-15(10-21-22-18(20)24)14-7-3-5-9-17(14)23(12)11-13-6-2-4-8-16(13)19/h2-10H,11H2,1H3,(H3,20,22,24)/b21-10-. The maximum absolute atomic E-state index is 10.8. The molecule has 2 amide bonds. The highest BCUT2D eigenvalue weighted by atomic mass is 35.5. The van der Waals surface area contributed by atoms with Gasteiger partial charge in [0.2, 0.25) is 0 Å². The molecule has 0 aliphatic rings. The summed E-state index contributed by atoms with van der Waals surface area (Å²) in [4.78, 5) is 10.8. The highest BCUT2D eigenvalue weighted by Gasteiger charge is 2.13. The molecule has 0 spiro atoms. The summed E-state index contributed by atoms with van der Waals surface area (Å²) in [6.07, 6.45) is 1.62. The van der Waals surface area contributed by atoms with E-state index in [1.165, 1.54) is 0 Å². The van der Waals surface area contributed by atoms with Crippen LogP contribution in [0.2, 0.25) is 5.02 Å². The summed E-state index contributed by atoms with van der Waals surface area (Å²) in [6.45, 7) is 2.67. The molecule has 6 heteroatoms. The van der Waals surface area contributed by atoms with Crippen LogP contribution in [0.4, 0.5) is 4.79 Å². The van der Waals surface area contributed by atoms with Crippen LogP contribution in [-0.4, -0.2) is 16.8 Å². The van der Waals surface area contributed by atoms with Crippen LogP contribution >= 0.6 is 11.6 Å². The molecule has 3 aromatic rings. The summed E-state index contributed by atoms with van der Waals surface area (Å²) in [5, 5.41) is 5.69. The molecule has 1 heterocycles. The summed E-state index contributed by atoms with van der Waals surface area (Å²) in [5.74, 6) is 0. The topological polar surface area (TPSA) is 72.4 Å². The fourth-order valence-electron chi connectivity index (χ4n) is 2.78. The van der Waals surface area contributed by atoms with Crippen LogP contribution in [0.1, 0.15) is 16.8 Å². The summed E-state index contributed by atoms with van der Waals surface area (Å²) in [5.41, 5.74) is 11.4. The van der Waals surface area contributed by atoms with E-state index in [2.05, 4.69) is 21.2 Å². The van der Waals surface area contributed by atoms with Gasteiger partial charge >= 0.3 is 6.03 Å². The minimum atomic E-state index is -0.691. The fourth-order valence-corrected chi connectivity index (χ4v) is 2.98. The molecule has 5 nitrogen and oxygen atoms in total. The second kappa shape index (κ2) is 6.76. The molecular formula is C18H17ClN4O. The first-order valence-electron chi connectivity index (χ1n) is 7.47. The van der Waals surface area contributed by atoms with Crippen molar-refractivity contribution in [3.05, 3.63) is 70.4 Å². The zero-order valence-electron chi connectivity index (χ0n) is 13.2. The Bertz CT molecular complexity index is 930. The Balaban J connectivity index is 2.08. The van der Waals surface area contributed by atoms with Gasteiger partial charge in [0, 0.05) is 33.7 Å². The van der Waals surface area contributed by atoms with Gasteiger partial charge in [0.15, 0.2) is 0 Å². The van der Waals surface area contributed by atoms with Crippen LogP contribution in [0, 0.1) is 6.92 Å². The number of primary amides is 1. The number of benzene rings is 2. The number of nitrogens with zero attached hydrogens (tertiary/aromatic N) is 2. The van der Waals surface area contributed by atoms with E-state index in [-0.39, 0.29) is 0 Å². The van der Waals surface area contributed by atoms with Gasteiger partial charge in [-0.1, -0.05) is 48.0 Å². The van der Waals surface area contributed by atoms with E-state index in [9.17, 15) is 4.79 Å². The highest BCUT2D eigenvalue weighted by Crippen LogP contribution is 2.27. The molecule has 0 radical (unpaired) electrons. The molecule has 0 aliphatic carbocycles. The molecule has 0 fully saturated rings. The first-order valence-corrected chi connectivity index (χ1v) is 7.85. The average Bonchev–Trinajstić information content (AvgIpc) is 2.82. The van der Waals surface area contributed by atoms with Gasteiger partial charge in [-0.05, 0) is 24.6 Å². The monoisotopic (exact) mass is 340 g/mol. The zero-order chi connectivity index (χ0) is 17.1. The normalized spacial score (nSPS) is 11.2. The van der Waals surface area contributed by atoms with Crippen LogP contribution in [0.25, 0.3) is 10.9 Å². The van der Waals surface area contributed by atoms with E-state index in [1.54, 1.807) is 6.21 Å². The predicted molar refractivity (Wildman–Crippen MR) is 97.5 cm³/mol. The van der Waals surface area contributed by atoms with E-state index >= 15 is 0 Å². The number of hydrazone groups is 1. The maximum Gasteiger partial charge on any atom is 0.332 e. The van der Waals surface area contributed by atoms with Crippen molar-refractivity contribution in [2.45, 2.75) is 13.5 Å². The smallest absolute Gasteiger partial charge is 0.332 e. The first kappa shape index (κ1) is 16.1. The number of aromatic nitrogens is 1. The van der Waals surface area contributed by atoms with Crippen molar-refractivity contribution in [3.8, 4) is 0 Å². The van der Waals surface area contributed by atoms with Gasteiger partial charge in [-0.15, -0.1) is 0 Å². The van der Waals surface area contributed by atoms with Crippen molar-refractivity contribution in [1.29, 1.82) is 0 Å². The van der Waals surface area contributed by atoms with Gasteiger partial charge in [0.1, 0.15) is 0 Å². The van der Waals surface area contributed by atoms with Crippen molar-refractivity contribution in [1.82, 2.24) is 9.99 Å². The van der Waals surface area contributed by atoms with E-state index in [0.29, 0.717) is 6.54 Å². The van der Waals surface area contributed by atoms with Crippen LogP contribution in [-0.2, 0) is 6.54 Å². The Labute approximate surface area is 144 Å². The number of hydrogen-bond donors (Lipinski definition) is 2. The largest absolute Gasteiger partial charge is 0.350 e. The van der Waals surface area contributed by atoms with Crippen molar-refractivity contribution in [2.24, 2.45) is 10.8 Å². The van der Waals surface area contributed by atoms with Gasteiger partial charge in [0.05, 0.1) is 6.21 Å². The number of urea groups is 1. The maximum atomic E-state index is 10.8. The molecule has 0 unspecified atom stereocenters. The van der Waals surface area contributed by atoms with Crippen molar-refractivity contribution in [3.63, 3.8) is 0 Å². The lowest BCUT2D eigenvalue weighted by Gasteiger charge is -2.10. The van der Waals surface area contributed by atoms with E-state index in [4.69, 9.17) is 17.3 Å². The highest BCUT2D eigenvalue weighted by molar-refractivity contribution is 6.31. The number of fused-ring (bicyclic) bond motifs is 1. The van der Waals surface area contributed by atoms with Gasteiger partial charge in [-0.2, -0.15) is 5.10 Å². The zero-order valence-corrected chi connectivity index (χ0v) is 13.9. The molecular weight excluding hydrogens is 324 g/mol. The molecule has 0 aliphatic heterocycles. The lowest BCUT2D eigenvalue weighted by molar-refractivity contribution is 0.249. The number of nitrogens with one attached hydrogen (secondary N) is 1. The van der Waals surface area contributed by atoms with Crippen molar-refractivity contribution >= 4 is 34.7 Å². The first-order chi connectivity index (χ1) is 11.6. The second-order valence-corrected chi connectivity index (χ2v) is 5.84. The molecule has 1 aromatic heterocycles. The molecule has 0 saturated carbocycles. The van der Waals surface area contributed by atoms with E-state index in [0.717, 1.165) is 32.7 Å². The number of carbonyl (C=O) groups excluding carboxylic acids is 1. The second-order valence-electron chi connectivity index (χ2n) is 5.43. The van der Waals surface area contributed by atoms with E-state index in [1.807, 2.05) is 49.4 Å². The third kappa shape index (κ3) is 3.12. The molecule has 3 rings (SSSR count). The third-order valence-corrected chi connectivity index (χ3v) is 4.30. The molecule has 2 aromatic carbocycles. The Morgan fingerprint density at radius 1 is 1.25 bits per heavy atom. The minimum Gasteiger partial charge on any atom is -0.350 e. The lowest BCUT2D eigenvalue weighted by Crippen LogP contribution is -2.24. The quantitative estimate of drug-likeness (QED) is 0.552. The summed E-state index contributed by atoms with van der Waals surface area (Å²) in [6, 6.07) is 15.1. The minimum absolute atomic E-state index is 0.656. The summed E-state index contributed by atoms with van der Waals surface area (Å²) < 4.78 is 2.18. The van der Waals surface area contributed by atoms with E-state index < -0.39 is 6.03 Å². The van der Waals surface area contributed by atoms with Crippen LogP contribution in [0.3, 0.4) is 0 Å². The van der Waals surface area contributed by atoms with Crippen LogP contribution in [0.5, 0.6) is 0 Å². The number of halogens is 1. The van der Waals surface area contributed by atoms with Crippen molar-refractivity contribution < 1.29 is 4.79 Å². The van der Waals surface area contributed by atoms with Gasteiger partial charge in [-0.3, -0.25) is 0 Å². The van der Waals surface area contributed by atoms with Crippen LogP contribution in [0.15, 0.2) is 53.6 Å². The number of amides is 2. The third-order valence-electron chi connectivity index (χ3n) is 3.93. The Morgan fingerprint density at radius 3 is 2.71 bits per heavy atom. The molecule has 0 bridgehead atoms. The molecule has 24 heavy (non-hydrogen) atoms. The number of rotatable bonds is 4. The van der Waals surface area contributed by atoms with Crippen LogP contribution < -0.4 is 11.2 Å². The average molecular weight is 341 g/mol. The number of hydrogen-bond acceptors (Lipinski definition) is 2. The summed E-state index contributed by atoms with van der Waals surface area (Å²) in [7, 11) is 0. The number of carbonyl (C=O) groups is 1. The fraction of sp³-hybridized carbons (Fsp3) is 0.111. The molecule has 0 saturated heterocycles. The number of nitrogens with two attached hydrogens (primary N) is 1. The lowest BCUT2D eigenvalue weighted by atomic mass is 10.1. The summed E-state index contributed by atoms with van der Waals surface area (Å²) >= 11 is 6.30. The molecule has 3 N–H and O–H groups in total. The Morgan fingerprint density at radius 2 is 1.96 bits per heavy atom. The Kier molecular flexibility index (Phi) is 4.53. The van der Waals surface area contributed by atoms with Gasteiger partial charge in [0.25, 0.3) is 0 Å². The Hall–Kier alpha value is -2.79. The van der Waals surface area contributed by atoms with Gasteiger partial charge in [-0.25, -0.2) is 10.2 Å².